The fourth-order valence-electron chi connectivity index (χ4n) is 3.02. The minimum atomic E-state index is -3.76. The summed E-state index contributed by atoms with van der Waals surface area (Å²) in [6.45, 7) is 0. The minimum absolute atomic E-state index is 0.171. The molecule has 1 aliphatic rings. The summed E-state index contributed by atoms with van der Waals surface area (Å²) in [5.74, 6) is 0.542. The van der Waals surface area contributed by atoms with E-state index in [-0.39, 0.29) is 22.3 Å². The number of fused-ring (bicyclic) bond motifs is 1. The number of rotatable bonds is 4. The van der Waals surface area contributed by atoms with Crippen LogP contribution in [0.15, 0.2) is 59.5 Å². The third-order valence-corrected chi connectivity index (χ3v) is 5.68. The van der Waals surface area contributed by atoms with E-state index in [0.717, 1.165) is 29.2 Å². The molecule has 0 atom stereocenters. The summed E-state index contributed by atoms with van der Waals surface area (Å²) in [5.41, 5.74) is 1.11. The zero-order valence-corrected chi connectivity index (χ0v) is 14.1. The first-order valence-corrected chi connectivity index (χ1v) is 9.49. The molecule has 2 aromatic carbocycles. The molecule has 6 heteroatoms. The molecular weight excluding hydrogens is 334 g/mol. The average molecular weight is 349 g/mol. The van der Waals surface area contributed by atoms with Crippen molar-refractivity contribution in [3.63, 3.8) is 0 Å². The number of pyridine rings is 1. The molecular formula is C19H15N3O2S. The van der Waals surface area contributed by atoms with Crippen molar-refractivity contribution in [2.24, 2.45) is 0 Å². The van der Waals surface area contributed by atoms with Gasteiger partial charge in [0.15, 0.2) is 5.69 Å². The molecule has 1 saturated carbocycles. The molecule has 5 nitrogen and oxygen atoms in total. The molecule has 1 aromatic heterocycles. The number of nitrogens with one attached hydrogen (secondary N) is 1. The van der Waals surface area contributed by atoms with Crippen LogP contribution in [0.1, 0.15) is 30.0 Å². The van der Waals surface area contributed by atoms with Gasteiger partial charge in [-0.05, 0) is 36.3 Å². The second kappa shape index (κ2) is 5.87. The number of anilines is 1. The molecule has 124 valence electrons. The first-order valence-electron chi connectivity index (χ1n) is 8.01. The van der Waals surface area contributed by atoms with E-state index in [2.05, 4.69) is 15.8 Å². The highest BCUT2D eigenvalue weighted by Gasteiger charge is 2.31. The monoisotopic (exact) mass is 349 g/mol. The third kappa shape index (κ3) is 2.83. The predicted molar refractivity (Wildman–Crippen MR) is 95.7 cm³/mol. The van der Waals surface area contributed by atoms with Gasteiger partial charge < -0.3 is 0 Å². The van der Waals surface area contributed by atoms with Crippen LogP contribution in [-0.4, -0.2) is 13.4 Å². The first kappa shape index (κ1) is 15.6. The lowest BCUT2D eigenvalue weighted by molar-refractivity contribution is 0.601. The van der Waals surface area contributed by atoms with E-state index in [4.69, 9.17) is 0 Å². The number of nitrogens with zero attached hydrogens (tertiary/aromatic N) is 2. The molecule has 0 radical (unpaired) electrons. The van der Waals surface area contributed by atoms with Gasteiger partial charge in [0.25, 0.3) is 10.0 Å². The standard InChI is InChI=1S/C19H15N3O2S/c20-12-17-15-8-4-5-9-16(15)18(13-10-11-13)19(21-17)22-25(23,24)14-6-2-1-3-7-14/h1-9,13H,10-11H2,(H,21,22). The topological polar surface area (TPSA) is 82.8 Å². The lowest BCUT2D eigenvalue weighted by Gasteiger charge is -2.15. The summed E-state index contributed by atoms with van der Waals surface area (Å²) < 4.78 is 28.0. The molecule has 0 aliphatic heterocycles. The predicted octanol–water partition coefficient (Wildman–Crippen LogP) is 3.78. The van der Waals surface area contributed by atoms with Gasteiger partial charge in [0, 0.05) is 10.9 Å². The van der Waals surface area contributed by atoms with E-state index >= 15 is 0 Å². The maximum absolute atomic E-state index is 12.7. The smallest absolute Gasteiger partial charge is 0.263 e. The SMILES string of the molecule is N#Cc1nc(NS(=O)(=O)c2ccccc2)c(C2CC2)c2ccccc12. The van der Waals surface area contributed by atoms with Gasteiger partial charge in [-0.3, -0.25) is 4.72 Å². The fraction of sp³-hybridized carbons (Fsp3) is 0.158. The number of aromatic nitrogens is 1. The van der Waals surface area contributed by atoms with Crippen LogP contribution in [0.3, 0.4) is 0 Å². The molecule has 3 aromatic rings. The average Bonchev–Trinajstić information content (AvgIpc) is 3.46. The maximum atomic E-state index is 12.7. The number of sulfonamides is 1. The van der Waals surface area contributed by atoms with Crippen molar-refractivity contribution in [2.75, 3.05) is 4.72 Å². The second-order valence-electron chi connectivity index (χ2n) is 6.07. The van der Waals surface area contributed by atoms with Crippen LogP contribution in [0.5, 0.6) is 0 Å². The largest absolute Gasteiger partial charge is 0.263 e. The van der Waals surface area contributed by atoms with Crippen LogP contribution in [0.25, 0.3) is 10.8 Å². The van der Waals surface area contributed by atoms with E-state index in [9.17, 15) is 13.7 Å². The van der Waals surface area contributed by atoms with Gasteiger partial charge in [0.1, 0.15) is 11.9 Å². The van der Waals surface area contributed by atoms with Crippen molar-refractivity contribution in [3.8, 4) is 6.07 Å². The van der Waals surface area contributed by atoms with Gasteiger partial charge in [-0.1, -0.05) is 42.5 Å². The van der Waals surface area contributed by atoms with Crippen LogP contribution in [0.2, 0.25) is 0 Å². The Kier molecular flexibility index (Phi) is 3.66. The molecule has 1 heterocycles. The highest BCUT2D eigenvalue weighted by atomic mass is 32.2. The maximum Gasteiger partial charge on any atom is 0.263 e. The van der Waals surface area contributed by atoms with Gasteiger partial charge in [-0.15, -0.1) is 0 Å². The number of hydrogen-bond donors (Lipinski definition) is 1. The quantitative estimate of drug-likeness (QED) is 0.777. The Morgan fingerprint density at radius 1 is 1.00 bits per heavy atom. The zero-order valence-electron chi connectivity index (χ0n) is 13.3. The summed E-state index contributed by atoms with van der Waals surface area (Å²) in [6.07, 6.45) is 2.00. The molecule has 0 amide bonds. The van der Waals surface area contributed by atoms with Crippen LogP contribution in [0.4, 0.5) is 5.82 Å². The molecule has 1 aliphatic carbocycles. The van der Waals surface area contributed by atoms with Crippen LogP contribution < -0.4 is 4.72 Å². The Bertz CT molecular complexity index is 1100. The van der Waals surface area contributed by atoms with Gasteiger partial charge in [0.05, 0.1) is 4.90 Å². The van der Waals surface area contributed by atoms with Gasteiger partial charge in [-0.2, -0.15) is 5.26 Å². The summed E-state index contributed by atoms with van der Waals surface area (Å²) >= 11 is 0. The van der Waals surface area contributed by atoms with Gasteiger partial charge >= 0.3 is 0 Å². The normalized spacial score (nSPS) is 14.2. The van der Waals surface area contributed by atoms with Crippen LogP contribution in [-0.2, 0) is 10.0 Å². The van der Waals surface area contributed by atoms with Crippen molar-refractivity contribution in [3.05, 3.63) is 65.9 Å². The van der Waals surface area contributed by atoms with E-state index in [1.165, 1.54) is 12.1 Å². The van der Waals surface area contributed by atoms with Crippen LogP contribution in [0, 0.1) is 11.3 Å². The van der Waals surface area contributed by atoms with Crippen LogP contribution >= 0.6 is 0 Å². The minimum Gasteiger partial charge on any atom is -0.263 e. The van der Waals surface area contributed by atoms with Gasteiger partial charge in [0.2, 0.25) is 0 Å². The van der Waals surface area contributed by atoms with Crippen molar-refractivity contribution in [1.29, 1.82) is 5.26 Å². The van der Waals surface area contributed by atoms with Crippen molar-refractivity contribution in [2.45, 2.75) is 23.7 Å². The van der Waals surface area contributed by atoms with Crippen molar-refractivity contribution in [1.82, 2.24) is 4.98 Å². The van der Waals surface area contributed by atoms with E-state index in [0.29, 0.717) is 0 Å². The van der Waals surface area contributed by atoms with E-state index < -0.39 is 10.0 Å². The molecule has 0 saturated heterocycles. The first-order chi connectivity index (χ1) is 12.1. The molecule has 0 unspecified atom stereocenters. The van der Waals surface area contributed by atoms with Crippen molar-refractivity contribution >= 4 is 26.6 Å². The fourth-order valence-corrected chi connectivity index (χ4v) is 4.06. The summed E-state index contributed by atoms with van der Waals surface area (Å²) in [4.78, 5) is 4.51. The Morgan fingerprint density at radius 2 is 1.64 bits per heavy atom. The van der Waals surface area contributed by atoms with E-state index in [1.807, 2.05) is 24.3 Å². The Balaban J connectivity index is 1.90. The lowest BCUT2D eigenvalue weighted by Crippen LogP contribution is -2.16. The molecule has 25 heavy (non-hydrogen) atoms. The molecule has 1 fully saturated rings. The zero-order chi connectivity index (χ0) is 17.4. The third-order valence-electron chi connectivity index (χ3n) is 4.33. The van der Waals surface area contributed by atoms with Gasteiger partial charge in [-0.25, -0.2) is 13.4 Å². The Labute approximate surface area is 146 Å². The lowest BCUT2D eigenvalue weighted by atomic mass is 10.0. The molecule has 4 rings (SSSR count). The highest BCUT2D eigenvalue weighted by Crippen LogP contribution is 2.46. The summed E-state index contributed by atoms with van der Waals surface area (Å²) in [6, 6.07) is 17.8. The molecule has 0 bridgehead atoms. The van der Waals surface area contributed by atoms with Crippen molar-refractivity contribution < 1.29 is 8.42 Å². The second-order valence-corrected chi connectivity index (χ2v) is 7.76. The van der Waals surface area contributed by atoms with E-state index in [1.54, 1.807) is 18.2 Å². The number of nitriles is 1. The molecule has 0 spiro atoms. The Hall–Kier alpha value is -2.91. The Morgan fingerprint density at radius 3 is 2.28 bits per heavy atom. The summed E-state index contributed by atoms with van der Waals surface area (Å²) in [5, 5.41) is 11.1. The summed E-state index contributed by atoms with van der Waals surface area (Å²) in [7, 11) is -3.76. The number of hydrogen-bond acceptors (Lipinski definition) is 4. The highest BCUT2D eigenvalue weighted by molar-refractivity contribution is 7.92. The number of benzene rings is 2. The molecule has 1 N–H and O–H groups in total.